The standard InChI is InChI=1S/C12H10BrClOS/c1-7-2-3-8(13)6-9(7)11(15)12-10(14)4-5-16-12/h2-6,11,15H,1H3. The fraction of sp³-hybridized carbons (Fsp3) is 0.167. The summed E-state index contributed by atoms with van der Waals surface area (Å²) < 4.78 is 0.958. The predicted octanol–water partition coefficient (Wildman–Crippen LogP) is 4.55. The fourth-order valence-corrected chi connectivity index (χ4v) is 3.09. The molecule has 0 saturated heterocycles. The molecule has 0 bridgehead atoms. The third-order valence-corrected chi connectivity index (χ3v) is 4.33. The maximum absolute atomic E-state index is 10.3. The van der Waals surface area contributed by atoms with Crippen molar-refractivity contribution >= 4 is 38.9 Å². The van der Waals surface area contributed by atoms with Crippen LogP contribution in [0.4, 0.5) is 0 Å². The van der Waals surface area contributed by atoms with Crippen LogP contribution in [0.5, 0.6) is 0 Å². The Hall–Kier alpha value is -0.350. The Bertz CT molecular complexity index is 509. The summed E-state index contributed by atoms with van der Waals surface area (Å²) in [5, 5.41) is 12.8. The van der Waals surface area contributed by atoms with Crippen molar-refractivity contribution in [2.75, 3.05) is 0 Å². The van der Waals surface area contributed by atoms with Gasteiger partial charge in [-0.1, -0.05) is 33.6 Å². The molecule has 16 heavy (non-hydrogen) atoms. The lowest BCUT2D eigenvalue weighted by Crippen LogP contribution is -2.00. The Morgan fingerprint density at radius 1 is 1.38 bits per heavy atom. The predicted molar refractivity (Wildman–Crippen MR) is 72.3 cm³/mol. The molecule has 0 aliphatic carbocycles. The van der Waals surface area contributed by atoms with Gasteiger partial charge in [0.05, 0.1) is 9.90 Å². The molecule has 1 heterocycles. The van der Waals surface area contributed by atoms with Gasteiger partial charge < -0.3 is 5.11 Å². The summed E-state index contributed by atoms with van der Waals surface area (Å²) in [6.45, 7) is 1.98. The molecule has 2 aromatic rings. The van der Waals surface area contributed by atoms with E-state index in [9.17, 15) is 5.11 Å². The summed E-state index contributed by atoms with van der Waals surface area (Å²) in [4.78, 5) is 0.794. The Morgan fingerprint density at radius 2 is 2.12 bits per heavy atom. The minimum absolute atomic E-state index is 0.622. The quantitative estimate of drug-likeness (QED) is 0.861. The highest BCUT2D eigenvalue weighted by atomic mass is 79.9. The van der Waals surface area contributed by atoms with Gasteiger partial charge in [-0.25, -0.2) is 0 Å². The van der Waals surface area contributed by atoms with Crippen molar-refractivity contribution in [3.63, 3.8) is 0 Å². The first-order valence-corrected chi connectivity index (χ1v) is 6.81. The van der Waals surface area contributed by atoms with E-state index in [-0.39, 0.29) is 0 Å². The second-order valence-electron chi connectivity index (χ2n) is 3.54. The number of benzene rings is 1. The summed E-state index contributed by atoms with van der Waals surface area (Å²) in [6, 6.07) is 7.67. The second kappa shape index (κ2) is 4.88. The molecule has 0 aliphatic rings. The molecule has 1 N–H and O–H groups in total. The number of aliphatic hydroxyl groups excluding tert-OH is 1. The number of halogens is 2. The number of rotatable bonds is 2. The van der Waals surface area contributed by atoms with E-state index < -0.39 is 6.10 Å². The van der Waals surface area contributed by atoms with E-state index in [0.29, 0.717) is 5.02 Å². The number of aryl methyl sites for hydroxylation is 1. The molecule has 1 aromatic heterocycles. The zero-order valence-corrected chi connectivity index (χ0v) is 11.7. The van der Waals surface area contributed by atoms with Crippen molar-refractivity contribution < 1.29 is 5.11 Å². The Balaban J connectivity index is 2.45. The van der Waals surface area contributed by atoms with Crippen LogP contribution in [0.3, 0.4) is 0 Å². The normalized spacial score (nSPS) is 12.8. The summed E-state index contributed by atoms with van der Waals surface area (Å²) in [5.41, 5.74) is 1.94. The highest BCUT2D eigenvalue weighted by Gasteiger charge is 2.17. The van der Waals surface area contributed by atoms with Gasteiger partial charge in [0.25, 0.3) is 0 Å². The van der Waals surface area contributed by atoms with Gasteiger partial charge >= 0.3 is 0 Å². The van der Waals surface area contributed by atoms with Crippen molar-refractivity contribution in [3.05, 3.63) is 55.1 Å². The van der Waals surface area contributed by atoms with E-state index in [0.717, 1.165) is 20.5 Å². The van der Waals surface area contributed by atoms with E-state index in [1.165, 1.54) is 11.3 Å². The molecule has 84 valence electrons. The van der Waals surface area contributed by atoms with Crippen molar-refractivity contribution in [1.29, 1.82) is 0 Å². The Morgan fingerprint density at radius 3 is 2.75 bits per heavy atom. The van der Waals surface area contributed by atoms with Crippen LogP contribution in [0.1, 0.15) is 22.1 Å². The first-order valence-electron chi connectivity index (χ1n) is 4.76. The van der Waals surface area contributed by atoms with Crippen molar-refractivity contribution in [2.45, 2.75) is 13.0 Å². The number of hydrogen-bond donors (Lipinski definition) is 1. The van der Waals surface area contributed by atoms with E-state index in [1.807, 2.05) is 30.5 Å². The summed E-state index contributed by atoms with van der Waals surface area (Å²) in [6.07, 6.45) is -0.648. The van der Waals surface area contributed by atoms with Gasteiger partial charge in [-0.05, 0) is 41.6 Å². The molecule has 0 spiro atoms. The van der Waals surface area contributed by atoms with Crippen LogP contribution in [-0.2, 0) is 0 Å². The van der Waals surface area contributed by atoms with Gasteiger partial charge in [-0.15, -0.1) is 11.3 Å². The highest BCUT2D eigenvalue weighted by molar-refractivity contribution is 9.10. The molecule has 0 amide bonds. The summed E-state index contributed by atoms with van der Waals surface area (Å²) >= 11 is 10.9. The number of aliphatic hydroxyl groups is 1. The highest BCUT2D eigenvalue weighted by Crippen LogP contribution is 2.34. The van der Waals surface area contributed by atoms with Gasteiger partial charge in [0, 0.05) is 4.47 Å². The van der Waals surface area contributed by atoms with Gasteiger partial charge in [0.2, 0.25) is 0 Å². The summed E-state index contributed by atoms with van der Waals surface area (Å²) in [7, 11) is 0. The Kier molecular flexibility index (Phi) is 3.70. The lowest BCUT2D eigenvalue weighted by molar-refractivity contribution is 0.223. The van der Waals surface area contributed by atoms with Crippen LogP contribution in [0.25, 0.3) is 0 Å². The van der Waals surface area contributed by atoms with E-state index >= 15 is 0 Å². The van der Waals surface area contributed by atoms with E-state index in [4.69, 9.17) is 11.6 Å². The average molecular weight is 318 g/mol. The fourth-order valence-electron chi connectivity index (χ4n) is 1.55. The zero-order valence-electron chi connectivity index (χ0n) is 8.58. The molecule has 0 fully saturated rings. The van der Waals surface area contributed by atoms with Gasteiger partial charge in [-0.2, -0.15) is 0 Å². The smallest absolute Gasteiger partial charge is 0.115 e. The topological polar surface area (TPSA) is 20.2 Å². The molecular formula is C12H10BrClOS. The van der Waals surface area contributed by atoms with Crippen LogP contribution in [0, 0.1) is 6.92 Å². The number of thiophene rings is 1. The molecule has 0 saturated carbocycles. The van der Waals surface area contributed by atoms with Crippen LogP contribution in [0.15, 0.2) is 34.1 Å². The molecule has 0 aliphatic heterocycles. The number of hydrogen-bond acceptors (Lipinski definition) is 2. The summed E-state index contributed by atoms with van der Waals surface area (Å²) in [5.74, 6) is 0. The van der Waals surface area contributed by atoms with Crippen LogP contribution in [-0.4, -0.2) is 5.11 Å². The van der Waals surface area contributed by atoms with Gasteiger partial charge in [0.15, 0.2) is 0 Å². The molecule has 1 unspecified atom stereocenters. The molecule has 1 aromatic carbocycles. The maximum atomic E-state index is 10.3. The first-order chi connectivity index (χ1) is 7.59. The van der Waals surface area contributed by atoms with Crippen molar-refractivity contribution in [1.82, 2.24) is 0 Å². The minimum atomic E-state index is -0.648. The third kappa shape index (κ3) is 2.33. The second-order valence-corrected chi connectivity index (χ2v) is 5.81. The van der Waals surface area contributed by atoms with Gasteiger partial charge in [-0.3, -0.25) is 0 Å². The lowest BCUT2D eigenvalue weighted by Gasteiger charge is -2.13. The van der Waals surface area contributed by atoms with Crippen molar-refractivity contribution in [3.8, 4) is 0 Å². The van der Waals surface area contributed by atoms with Crippen LogP contribution < -0.4 is 0 Å². The van der Waals surface area contributed by atoms with Gasteiger partial charge in [0.1, 0.15) is 6.10 Å². The van der Waals surface area contributed by atoms with E-state index in [1.54, 1.807) is 6.07 Å². The maximum Gasteiger partial charge on any atom is 0.115 e. The Labute approximate surface area is 112 Å². The monoisotopic (exact) mass is 316 g/mol. The first kappa shape index (κ1) is 12.1. The lowest BCUT2D eigenvalue weighted by atomic mass is 10.0. The molecule has 1 nitrogen and oxygen atoms in total. The van der Waals surface area contributed by atoms with Crippen LogP contribution in [0.2, 0.25) is 5.02 Å². The third-order valence-electron chi connectivity index (χ3n) is 2.43. The molecule has 0 radical (unpaired) electrons. The zero-order chi connectivity index (χ0) is 11.7. The molecule has 4 heteroatoms. The largest absolute Gasteiger partial charge is 0.383 e. The van der Waals surface area contributed by atoms with E-state index in [2.05, 4.69) is 15.9 Å². The molecule has 2 rings (SSSR count). The minimum Gasteiger partial charge on any atom is -0.383 e. The average Bonchev–Trinajstić information content (AvgIpc) is 2.67. The van der Waals surface area contributed by atoms with Crippen LogP contribution >= 0.6 is 38.9 Å². The molecule has 1 atom stereocenters. The van der Waals surface area contributed by atoms with Crippen molar-refractivity contribution in [2.24, 2.45) is 0 Å². The SMILES string of the molecule is Cc1ccc(Br)cc1C(O)c1sccc1Cl. The molecular weight excluding hydrogens is 308 g/mol.